The minimum absolute atomic E-state index is 0.0553. The summed E-state index contributed by atoms with van der Waals surface area (Å²) in [5, 5.41) is 3.99. The van der Waals surface area contributed by atoms with E-state index in [4.69, 9.17) is 9.40 Å². The molecule has 2 aromatic heterocycles. The van der Waals surface area contributed by atoms with Gasteiger partial charge in [-0.15, -0.1) is 0 Å². The van der Waals surface area contributed by atoms with Crippen LogP contribution in [0.4, 0.5) is 4.39 Å². The van der Waals surface area contributed by atoms with Gasteiger partial charge in [-0.25, -0.2) is 4.98 Å². The first-order valence-corrected chi connectivity index (χ1v) is 9.07. The Morgan fingerprint density at radius 3 is 2.96 bits per heavy atom. The molecule has 5 rings (SSSR count). The van der Waals surface area contributed by atoms with Crippen molar-refractivity contribution in [2.24, 2.45) is 5.92 Å². The highest BCUT2D eigenvalue weighted by Crippen LogP contribution is 2.35. The van der Waals surface area contributed by atoms with Gasteiger partial charge < -0.3 is 14.6 Å². The van der Waals surface area contributed by atoms with Crippen LogP contribution in [0, 0.1) is 5.92 Å². The van der Waals surface area contributed by atoms with E-state index in [9.17, 15) is 14.0 Å². The number of rotatable bonds is 2. The fourth-order valence-electron chi connectivity index (χ4n) is 4.47. The maximum atomic E-state index is 13.4. The molecule has 1 saturated heterocycles. The molecule has 27 heavy (non-hydrogen) atoms. The summed E-state index contributed by atoms with van der Waals surface area (Å²) in [7, 11) is 1.71. The highest BCUT2D eigenvalue weighted by atomic mass is 19.1. The molecule has 0 aliphatic carbocycles. The van der Waals surface area contributed by atoms with E-state index in [2.05, 4.69) is 5.32 Å². The van der Waals surface area contributed by atoms with E-state index in [0.717, 1.165) is 5.39 Å². The van der Waals surface area contributed by atoms with Gasteiger partial charge in [-0.1, -0.05) is 12.1 Å². The number of para-hydroxylation sites is 1. The number of amides is 1. The lowest BCUT2D eigenvalue weighted by atomic mass is 9.96. The molecule has 7 nitrogen and oxygen atoms in total. The lowest BCUT2D eigenvalue weighted by molar-refractivity contribution is -0.134. The molecule has 0 saturated carbocycles. The molecule has 3 unspecified atom stereocenters. The summed E-state index contributed by atoms with van der Waals surface area (Å²) < 4.78 is 20.5. The van der Waals surface area contributed by atoms with Crippen molar-refractivity contribution in [3.8, 4) is 0 Å². The molecule has 1 aromatic carbocycles. The van der Waals surface area contributed by atoms with Crippen molar-refractivity contribution in [1.29, 1.82) is 0 Å². The molecule has 3 aromatic rings. The van der Waals surface area contributed by atoms with Crippen molar-refractivity contribution in [3.05, 3.63) is 40.4 Å². The summed E-state index contributed by atoms with van der Waals surface area (Å²) in [6.45, 7) is 0.136. The number of carbonyl (C=O) groups excluding carboxylic acids is 1. The van der Waals surface area contributed by atoms with E-state index in [-0.39, 0.29) is 36.1 Å². The molecule has 1 N–H and O–H groups in total. The Morgan fingerprint density at radius 2 is 2.15 bits per heavy atom. The SMILES string of the molecule is CN1Cc2nc3c(oc4ccccc43)c(=O)n2C2C(CCF)NCC2C1=O. The number of nitrogens with one attached hydrogen (secondary N) is 1. The first-order valence-electron chi connectivity index (χ1n) is 9.07. The van der Waals surface area contributed by atoms with E-state index in [1.54, 1.807) is 22.6 Å². The maximum Gasteiger partial charge on any atom is 0.297 e. The van der Waals surface area contributed by atoms with Crippen molar-refractivity contribution >= 4 is 28.0 Å². The molecule has 140 valence electrons. The van der Waals surface area contributed by atoms with E-state index in [0.29, 0.717) is 23.5 Å². The molecule has 0 bridgehead atoms. The van der Waals surface area contributed by atoms with Crippen molar-refractivity contribution in [1.82, 2.24) is 19.8 Å². The lowest BCUT2D eigenvalue weighted by Gasteiger charge is -2.24. The van der Waals surface area contributed by atoms with Gasteiger partial charge in [-0.05, 0) is 18.6 Å². The summed E-state index contributed by atoms with van der Waals surface area (Å²) in [4.78, 5) is 32.5. The van der Waals surface area contributed by atoms with Crippen LogP contribution in [-0.2, 0) is 11.3 Å². The zero-order chi connectivity index (χ0) is 18.7. The third-order valence-electron chi connectivity index (χ3n) is 5.72. The second-order valence-corrected chi connectivity index (χ2v) is 7.26. The van der Waals surface area contributed by atoms with Crippen LogP contribution in [0.3, 0.4) is 0 Å². The Hall–Kier alpha value is -2.74. The molecule has 1 fully saturated rings. The van der Waals surface area contributed by atoms with Crippen LogP contribution >= 0.6 is 0 Å². The number of nitrogens with zero attached hydrogens (tertiary/aromatic N) is 3. The number of aromatic nitrogens is 2. The zero-order valence-corrected chi connectivity index (χ0v) is 14.8. The van der Waals surface area contributed by atoms with E-state index >= 15 is 0 Å². The number of hydrogen-bond donors (Lipinski definition) is 1. The maximum absolute atomic E-state index is 13.4. The zero-order valence-electron chi connectivity index (χ0n) is 14.8. The van der Waals surface area contributed by atoms with Crippen molar-refractivity contribution in [3.63, 3.8) is 0 Å². The smallest absolute Gasteiger partial charge is 0.297 e. The normalized spacial score (nSPS) is 25.0. The highest BCUT2D eigenvalue weighted by Gasteiger charge is 2.46. The van der Waals surface area contributed by atoms with Gasteiger partial charge >= 0.3 is 0 Å². The van der Waals surface area contributed by atoms with Crippen molar-refractivity contribution < 1.29 is 13.6 Å². The van der Waals surface area contributed by atoms with Gasteiger partial charge in [0.05, 0.1) is 25.2 Å². The molecule has 3 atom stereocenters. The van der Waals surface area contributed by atoms with Gasteiger partial charge in [0.1, 0.15) is 16.9 Å². The van der Waals surface area contributed by atoms with E-state index in [1.807, 2.05) is 18.2 Å². The Labute approximate surface area is 153 Å². The number of benzene rings is 1. The van der Waals surface area contributed by atoms with Crippen molar-refractivity contribution in [2.45, 2.75) is 25.0 Å². The van der Waals surface area contributed by atoms with Crippen LogP contribution in [-0.4, -0.2) is 46.7 Å². The number of halogens is 1. The minimum Gasteiger partial charge on any atom is -0.448 e. The monoisotopic (exact) mass is 370 g/mol. The topological polar surface area (TPSA) is 80.4 Å². The first kappa shape index (κ1) is 16.4. The predicted octanol–water partition coefficient (Wildman–Crippen LogP) is 1.60. The van der Waals surface area contributed by atoms with Gasteiger partial charge in [0.15, 0.2) is 0 Å². The quantitative estimate of drug-likeness (QED) is 0.741. The first-order chi connectivity index (χ1) is 13.1. The fraction of sp³-hybridized carbons (Fsp3) is 0.421. The van der Waals surface area contributed by atoms with Gasteiger partial charge in [-0.2, -0.15) is 0 Å². The molecule has 0 radical (unpaired) electrons. The molecule has 2 aliphatic rings. The Balaban J connectivity index is 1.82. The number of alkyl halides is 1. The number of carbonyl (C=O) groups is 1. The average Bonchev–Trinajstić information content (AvgIpc) is 3.21. The second kappa shape index (κ2) is 5.88. The summed E-state index contributed by atoms with van der Waals surface area (Å²) in [5.41, 5.74) is 0.983. The number of furan rings is 1. The van der Waals surface area contributed by atoms with E-state index in [1.165, 1.54) is 0 Å². The Morgan fingerprint density at radius 1 is 1.33 bits per heavy atom. The molecular formula is C19H19FN4O3. The van der Waals surface area contributed by atoms with Gasteiger partial charge in [-0.3, -0.25) is 18.5 Å². The van der Waals surface area contributed by atoms with E-state index < -0.39 is 18.6 Å². The summed E-state index contributed by atoms with van der Waals surface area (Å²) in [5.74, 6) is 0.0318. The second-order valence-electron chi connectivity index (χ2n) is 7.26. The average molecular weight is 370 g/mol. The Bertz CT molecular complexity index is 1120. The Kier molecular flexibility index (Phi) is 3.58. The van der Waals surface area contributed by atoms with Crippen LogP contribution in [0.1, 0.15) is 18.3 Å². The van der Waals surface area contributed by atoms with Crippen LogP contribution in [0.2, 0.25) is 0 Å². The molecule has 8 heteroatoms. The highest BCUT2D eigenvalue weighted by molar-refractivity contribution is 6.01. The largest absolute Gasteiger partial charge is 0.448 e. The molecule has 2 aliphatic heterocycles. The number of hydrogen-bond acceptors (Lipinski definition) is 5. The lowest BCUT2D eigenvalue weighted by Crippen LogP contribution is -2.38. The minimum atomic E-state index is -0.519. The number of fused-ring (bicyclic) bond motifs is 6. The van der Waals surface area contributed by atoms with Gasteiger partial charge in [0.2, 0.25) is 11.5 Å². The fourth-order valence-corrected chi connectivity index (χ4v) is 4.47. The standard InChI is InChI=1S/C19H19FN4O3/c1-23-9-14-22-15-10-4-2-3-5-13(10)27-17(15)19(26)24(14)16-11(18(23)25)8-21-12(16)6-7-20/h2-5,11-12,16,21H,6-9H2,1H3. The van der Waals surface area contributed by atoms with Crippen LogP contribution in [0.15, 0.2) is 33.5 Å². The van der Waals surface area contributed by atoms with Crippen LogP contribution in [0.25, 0.3) is 22.1 Å². The summed E-state index contributed by atoms with van der Waals surface area (Å²) >= 11 is 0. The van der Waals surface area contributed by atoms with Crippen LogP contribution < -0.4 is 10.9 Å². The predicted molar refractivity (Wildman–Crippen MR) is 97.2 cm³/mol. The third kappa shape index (κ3) is 2.26. The molecule has 0 spiro atoms. The summed E-state index contributed by atoms with van der Waals surface area (Å²) in [6.07, 6.45) is 0.238. The molecule has 1 amide bonds. The van der Waals surface area contributed by atoms with Crippen molar-refractivity contribution in [2.75, 3.05) is 20.3 Å². The molecule has 4 heterocycles. The molecular weight excluding hydrogens is 351 g/mol. The summed E-state index contributed by atoms with van der Waals surface area (Å²) in [6, 6.07) is 6.61. The van der Waals surface area contributed by atoms with Gasteiger partial charge in [0, 0.05) is 25.0 Å². The van der Waals surface area contributed by atoms with Gasteiger partial charge in [0.25, 0.3) is 5.56 Å². The van der Waals surface area contributed by atoms with Crippen LogP contribution in [0.5, 0.6) is 0 Å². The third-order valence-corrected chi connectivity index (χ3v) is 5.72.